The average molecular weight is 366 g/mol. The van der Waals surface area contributed by atoms with Crippen LogP contribution in [-0.2, 0) is 11.2 Å². The summed E-state index contributed by atoms with van der Waals surface area (Å²) >= 11 is 0. The topological polar surface area (TPSA) is 35.6 Å². The summed E-state index contributed by atoms with van der Waals surface area (Å²) in [6.07, 6.45) is 1.05. The minimum Gasteiger partial charge on any atom is -0.378 e. The van der Waals surface area contributed by atoms with Gasteiger partial charge in [-0.15, -0.1) is 0 Å². The van der Waals surface area contributed by atoms with Gasteiger partial charge in [-0.25, -0.2) is 0 Å². The number of carbonyl (C=O) groups excluding carboxylic acids is 1. The summed E-state index contributed by atoms with van der Waals surface area (Å²) in [6.45, 7) is 7.44. The van der Waals surface area contributed by atoms with Gasteiger partial charge in [-0.2, -0.15) is 0 Å². The van der Waals surface area contributed by atoms with Crippen molar-refractivity contribution in [1.29, 1.82) is 0 Å². The van der Waals surface area contributed by atoms with E-state index in [2.05, 4.69) is 63.6 Å². The zero-order valence-electron chi connectivity index (χ0n) is 17.1. The summed E-state index contributed by atoms with van der Waals surface area (Å²) in [4.78, 5) is 17.0. The van der Waals surface area contributed by atoms with E-state index in [1.165, 1.54) is 22.5 Å². The van der Waals surface area contributed by atoms with Crippen LogP contribution in [0.2, 0.25) is 0 Å². The van der Waals surface area contributed by atoms with E-state index in [0.717, 1.165) is 13.0 Å². The molecule has 0 aliphatic carbocycles. The number of carbonyl (C=O) groups is 1. The molecular formula is C23H31N3O. The van der Waals surface area contributed by atoms with Gasteiger partial charge in [-0.05, 0) is 35.7 Å². The van der Waals surface area contributed by atoms with Gasteiger partial charge in [0.25, 0.3) is 0 Å². The Labute approximate surface area is 163 Å². The maximum Gasteiger partial charge on any atom is 0.225 e. The zero-order valence-corrected chi connectivity index (χ0v) is 17.1. The van der Waals surface area contributed by atoms with E-state index in [1.54, 1.807) is 0 Å². The van der Waals surface area contributed by atoms with Crippen LogP contribution in [0.15, 0.2) is 48.5 Å². The highest BCUT2D eigenvalue weighted by molar-refractivity contribution is 5.81. The van der Waals surface area contributed by atoms with E-state index < -0.39 is 0 Å². The number of nitrogens with one attached hydrogen (secondary N) is 1. The van der Waals surface area contributed by atoms with Crippen molar-refractivity contribution in [2.24, 2.45) is 5.41 Å². The molecule has 2 aromatic rings. The predicted molar refractivity (Wildman–Crippen MR) is 113 cm³/mol. The molecule has 2 aromatic carbocycles. The van der Waals surface area contributed by atoms with Crippen LogP contribution in [-0.4, -0.2) is 33.1 Å². The third-order valence-electron chi connectivity index (χ3n) is 5.23. The van der Waals surface area contributed by atoms with Crippen LogP contribution in [0.1, 0.15) is 37.9 Å². The molecule has 144 valence electrons. The fourth-order valence-electron chi connectivity index (χ4n) is 3.54. The Morgan fingerprint density at radius 2 is 1.78 bits per heavy atom. The number of fused-ring (bicyclic) bond motifs is 1. The monoisotopic (exact) mass is 365 g/mol. The van der Waals surface area contributed by atoms with Gasteiger partial charge in [0, 0.05) is 44.0 Å². The van der Waals surface area contributed by atoms with Crippen LogP contribution >= 0.6 is 0 Å². The third kappa shape index (κ3) is 4.26. The second-order valence-electron chi connectivity index (χ2n) is 8.53. The molecule has 3 rings (SSSR count). The molecular weight excluding hydrogens is 334 g/mol. The number of rotatable bonds is 5. The number of benzene rings is 2. The van der Waals surface area contributed by atoms with Crippen molar-refractivity contribution in [3.63, 3.8) is 0 Å². The summed E-state index contributed by atoms with van der Waals surface area (Å²) in [7, 11) is 4.10. The Morgan fingerprint density at radius 3 is 2.41 bits per heavy atom. The summed E-state index contributed by atoms with van der Waals surface area (Å²) in [6, 6.07) is 17.4. The Hall–Kier alpha value is -2.49. The van der Waals surface area contributed by atoms with Crippen LogP contribution in [0.25, 0.3) is 0 Å². The Balaban J connectivity index is 1.88. The lowest BCUT2D eigenvalue weighted by atomic mass is 9.95. The highest BCUT2D eigenvalue weighted by atomic mass is 16.2. The maximum atomic E-state index is 12.5. The lowest BCUT2D eigenvalue weighted by Crippen LogP contribution is -2.41. The molecule has 27 heavy (non-hydrogen) atoms. The van der Waals surface area contributed by atoms with Crippen LogP contribution in [0.3, 0.4) is 0 Å². The van der Waals surface area contributed by atoms with E-state index in [0.29, 0.717) is 6.54 Å². The van der Waals surface area contributed by atoms with Crippen molar-refractivity contribution in [1.82, 2.24) is 5.32 Å². The average Bonchev–Trinajstić information content (AvgIpc) is 3.05. The molecule has 0 aromatic heterocycles. The van der Waals surface area contributed by atoms with Crippen molar-refractivity contribution in [2.45, 2.75) is 33.2 Å². The fraction of sp³-hybridized carbons (Fsp3) is 0.435. The van der Waals surface area contributed by atoms with E-state index in [9.17, 15) is 4.79 Å². The first-order valence-electron chi connectivity index (χ1n) is 9.67. The Bertz CT molecular complexity index is 790. The molecule has 0 spiro atoms. The molecule has 4 nitrogen and oxygen atoms in total. The molecule has 0 fully saturated rings. The lowest BCUT2D eigenvalue weighted by molar-refractivity contribution is -0.128. The van der Waals surface area contributed by atoms with Gasteiger partial charge in [0.05, 0.1) is 6.04 Å². The molecule has 1 heterocycles. The van der Waals surface area contributed by atoms with Gasteiger partial charge in [0.2, 0.25) is 5.91 Å². The van der Waals surface area contributed by atoms with Gasteiger partial charge in [0.15, 0.2) is 0 Å². The largest absolute Gasteiger partial charge is 0.378 e. The first kappa shape index (κ1) is 19.3. The number of amides is 1. The number of nitrogens with zero attached hydrogens (tertiary/aromatic N) is 2. The first-order chi connectivity index (χ1) is 12.8. The summed E-state index contributed by atoms with van der Waals surface area (Å²) in [5.74, 6) is 0.0879. The number of hydrogen-bond acceptors (Lipinski definition) is 3. The van der Waals surface area contributed by atoms with Crippen molar-refractivity contribution >= 4 is 17.3 Å². The molecule has 0 bridgehead atoms. The van der Waals surface area contributed by atoms with Crippen molar-refractivity contribution in [3.05, 3.63) is 59.7 Å². The molecule has 1 atom stereocenters. The zero-order chi connectivity index (χ0) is 19.6. The normalized spacial score (nSPS) is 14.6. The van der Waals surface area contributed by atoms with E-state index >= 15 is 0 Å². The minimum atomic E-state index is -0.387. The molecule has 1 N–H and O–H groups in total. The number of anilines is 2. The quantitative estimate of drug-likeness (QED) is 0.869. The fourth-order valence-corrected chi connectivity index (χ4v) is 3.54. The van der Waals surface area contributed by atoms with Crippen molar-refractivity contribution in [2.75, 3.05) is 37.0 Å². The van der Waals surface area contributed by atoms with E-state index in [-0.39, 0.29) is 17.4 Å². The first-order valence-corrected chi connectivity index (χ1v) is 9.67. The standard InChI is InChI=1S/C23H31N3O/c1-23(2,3)22(27)24-16-21(18-10-12-19(13-11-18)25(4)5)26-15-14-17-8-6-7-9-20(17)26/h6-13,21H,14-16H2,1-5H3,(H,24,27)/t21-/m0/s1. The third-order valence-corrected chi connectivity index (χ3v) is 5.23. The summed E-state index contributed by atoms with van der Waals surface area (Å²) in [5.41, 5.74) is 4.69. The molecule has 0 saturated heterocycles. The summed E-state index contributed by atoms with van der Waals surface area (Å²) < 4.78 is 0. The van der Waals surface area contributed by atoms with Crippen molar-refractivity contribution < 1.29 is 4.79 Å². The molecule has 1 aliphatic rings. The van der Waals surface area contributed by atoms with Gasteiger partial charge in [-0.1, -0.05) is 51.1 Å². The Morgan fingerprint density at radius 1 is 1.11 bits per heavy atom. The highest BCUT2D eigenvalue weighted by Gasteiger charge is 2.29. The molecule has 1 aliphatic heterocycles. The van der Waals surface area contributed by atoms with Crippen molar-refractivity contribution in [3.8, 4) is 0 Å². The SMILES string of the molecule is CN(C)c1ccc([C@H](CNC(=O)C(C)(C)C)N2CCc3ccccc32)cc1. The van der Waals surface area contributed by atoms with Crippen LogP contribution in [0, 0.1) is 5.41 Å². The van der Waals surface area contributed by atoms with Gasteiger partial charge in [-0.3, -0.25) is 4.79 Å². The number of para-hydroxylation sites is 1. The molecule has 0 saturated carbocycles. The highest BCUT2D eigenvalue weighted by Crippen LogP contribution is 2.35. The van der Waals surface area contributed by atoms with Gasteiger partial charge in [0.1, 0.15) is 0 Å². The van der Waals surface area contributed by atoms with Gasteiger partial charge >= 0.3 is 0 Å². The number of hydrogen-bond donors (Lipinski definition) is 1. The van der Waals surface area contributed by atoms with E-state index in [1.807, 2.05) is 34.9 Å². The second kappa shape index (κ2) is 7.63. The molecule has 0 unspecified atom stereocenters. The summed E-state index contributed by atoms with van der Waals surface area (Å²) in [5, 5.41) is 3.18. The predicted octanol–water partition coefficient (Wildman–Crippen LogP) is 4.02. The molecule has 4 heteroatoms. The van der Waals surface area contributed by atoms with Crippen LogP contribution in [0.4, 0.5) is 11.4 Å². The molecule has 0 radical (unpaired) electrons. The second-order valence-corrected chi connectivity index (χ2v) is 8.53. The maximum absolute atomic E-state index is 12.5. The van der Waals surface area contributed by atoms with Gasteiger partial charge < -0.3 is 15.1 Å². The van der Waals surface area contributed by atoms with Crippen LogP contribution < -0.4 is 15.1 Å². The lowest BCUT2D eigenvalue weighted by Gasteiger charge is -2.32. The van der Waals surface area contributed by atoms with Crippen LogP contribution in [0.5, 0.6) is 0 Å². The minimum absolute atomic E-state index is 0.0879. The smallest absolute Gasteiger partial charge is 0.225 e. The Kier molecular flexibility index (Phi) is 5.45. The molecule has 1 amide bonds. The van der Waals surface area contributed by atoms with E-state index in [4.69, 9.17) is 0 Å².